The lowest BCUT2D eigenvalue weighted by Crippen LogP contribution is -2.57. The highest BCUT2D eigenvalue weighted by molar-refractivity contribution is 5.84. The summed E-state index contributed by atoms with van der Waals surface area (Å²) in [5.74, 6) is 0.373. The minimum absolute atomic E-state index is 0.240. The van der Waals surface area contributed by atoms with E-state index in [9.17, 15) is 4.79 Å². The molecule has 0 spiro atoms. The number of amides is 1. The van der Waals surface area contributed by atoms with Crippen LogP contribution < -0.4 is 11.1 Å². The van der Waals surface area contributed by atoms with Gasteiger partial charge < -0.3 is 20.7 Å². The number of primary amides is 1. The number of hydrogen-bond acceptors (Lipinski definition) is 4. The van der Waals surface area contributed by atoms with Crippen LogP contribution in [0.5, 0.6) is 0 Å². The van der Waals surface area contributed by atoms with Crippen molar-refractivity contribution >= 4 is 5.91 Å². The topological polar surface area (TPSA) is 67.6 Å². The molecule has 1 heterocycles. The first kappa shape index (κ1) is 16.7. The number of nitrogens with zero attached hydrogens (tertiary/aromatic N) is 1. The molecule has 2 fully saturated rings. The minimum atomic E-state index is -0.599. The van der Waals surface area contributed by atoms with Crippen molar-refractivity contribution in [3.05, 3.63) is 0 Å². The zero-order chi connectivity index (χ0) is 15.5. The molecule has 1 aliphatic carbocycles. The normalized spacial score (nSPS) is 27.3. The summed E-state index contributed by atoms with van der Waals surface area (Å²) in [6.45, 7) is 6.92. The first-order valence-electron chi connectivity index (χ1n) is 8.26. The largest absolute Gasteiger partial charge is 0.381 e. The van der Waals surface area contributed by atoms with Gasteiger partial charge in [-0.2, -0.15) is 0 Å². The van der Waals surface area contributed by atoms with Crippen LogP contribution >= 0.6 is 0 Å². The zero-order valence-corrected chi connectivity index (χ0v) is 13.7. The van der Waals surface area contributed by atoms with E-state index in [1.54, 1.807) is 0 Å². The van der Waals surface area contributed by atoms with Crippen molar-refractivity contribution in [1.82, 2.24) is 10.2 Å². The summed E-state index contributed by atoms with van der Waals surface area (Å²) in [7, 11) is 2.14. The van der Waals surface area contributed by atoms with E-state index >= 15 is 0 Å². The average Bonchev–Trinajstić information content (AvgIpc) is 3.23. The molecular formula is C16H31N3O2. The number of nitrogens with one attached hydrogen (secondary N) is 1. The van der Waals surface area contributed by atoms with Gasteiger partial charge in [-0.15, -0.1) is 0 Å². The van der Waals surface area contributed by atoms with Crippen LogP contribution in [0.1, 0.15) is 46.0 Å². The van der Waals surface area contributed by atoms with Crippen LogP contribution in [-0.2, 0) is 9.53 Å². The monoisotopic (exact) mass is 297 g/mol. The van der Waals surface area contributed by atoms with Crippen LogP contribution in [0.2, 0.25) is 0 Å². The summed E-state index contributed by atoms with van der Waals surface area (Å²) in [6.07, 6.45) is 5.47. The second-order valence-corrected chi connectivity index (χ2v) is 7.19. The zero-order valence-electron chi connectivity index (χ0n) is 13.7. The number of ether oxygens (including phenoxy) is 1. The van der Waals surface area contributed by atoms with Crippen LogP contribution in [0.15, 0.2) is 0 Å². The third-order valence-electron chi connectivity index (χ3n) is 4.90. The van der Waals surface area contributed by atoms with Crippen LogP contribution in [0.3, 0.4) is 0 Å². The Morgan fingerprint density at radius 1 is 1.48 bits per heavy atom. The van der Waals surface area contributed by atoms with Crippen LogP contribution in [-0.4, -0.2) is 55.2 Å². The Morgan fingerprint density at radius 2 is 2.19 bits per heavy atom. The van der Waals surface area contributed by atoms with Gasteiger partial charge in [0.25, 0.3) is 0 Å². The summed E-state index contributed by atoms with van der Waals surface area (Å²) in [5.41, 5.74) is 5.04. The van der Waals surface area contributed by atoms with E-state index in [1.165, 1.54) is 6.42 Å². The van der Waals surface area contributed by atoms with E-state index in [4.69, 9.17) is 10.5 Å². The van der Waals surface area contributed by atoms with Gasteiger partial charge >= 0.3 is 0 Å². The van der Waals surface area contributed by atoms with Crippen molar-refractivity contribution in [1.29, 1.82) is 0 Å². The van der Waals surface area contributed by atoms with Gasteiger partial charge in [-0.05, 0) is 58.9 Å². The standard InChI is InChI=1S/C16H31N3O2/c1-12(19(3)10-13-5-4-8-21-11-13)9-16(2,15(17)20)18-14-6-7-14/h12-14,18H,4-11H2,1-3H3,(H2,17,20). The van der Waals surface area contributed by atoms with E-state index in [2.05, 4.69) is 24.2 Å². The van der Waals surface area contributed by atoms with Crippen molar-refractivity contribution in [2.24, 2.45) is 11.7 Å². The number of carbonyl (C=O) groups excluding carboxylic acids is 1. The maximum atomic E-state index is 11.9. The Kier molecular flexibility index (Phi) is 5.63. The third-order valence-corrected chi connectivity index (χ3v) is 4.90. The summed E-state index contributed by atoms with van der Waals surface area (Å²) in [4.78, 5) is 14.2. The van der Waals surface area contributed by atoms with E-state index in [1.807, 2.05) is 6.92 Å². The van der Waals surface area contributed by atoms with Gasteiger partial charge in [0.05, 0.1) is 12.1 Å². The smallest absolute Gasteiger partial charge is 0.237 e. The molecule has 0 aromatic carbocycles. The number of carbonyl (C=O) groups is 1. The molecule has 0 bridgehead atoms. The molecule has 0 radical (unpaired) electrons. The Hall–Kier alpha value is -0.650. The fourth-order valence-electron chi connectivity index (χ4n) is 3.19. The summed E-state index contributed by atoms with van der Waals surface area (Å²) < 4.78 is 5.55. The maximum absolute atomic E-state index is 11.9. The highest BCUT2D eigenvalue weighted by Gasteiger charge is 2.38. The molecule has 0 aromatic rings. The van der Waals surface area contributed by atoms with Gasteiger partial charge in [0.15, 0.2) is 0 Å². The summed E-state index contributed by atoms with van der Waals surface area (Å²) in [5, 5.41) is 3.43. The van der Waals surface area contributed by atoms with Crippen LogP contribution in [0.25, 0.3) is 0 Å². The van der Waals surface area contributed by atoms with Gasteiger partial charge in [-0.3, -0.25) is 4.79 Å². The van der Waals surface area contributed by atoms with Crippen LogP contribution in [0.4, 0.5) is 0 Å². The second-order valence-electron chi connectivity index (χ2n) is 7.19. The van der Waals surface area contributed by atoms with Crippen LogP contribution in [0, 0.1) is 5.92 Å². The fourth-order valence-corrected chi connectivity index (χ4v) is 3.19. The van der Waals surface area contributed by atoms with E-state index in [0.29, 0.717) is 18.0 Å². The third kappa shape index (κ3) is 4.94. The second kappa shape index (κ2) is 7.07. The SMILES string of the molecule is CC(CC(C)(NC1CC1)C(N)=O)N(C)CC1CCCOC1. The molecule has 21 heavy (non-hydrogen) atoms. The predicted octanol–water partition coefficient (Wildman–Crippen LogP) is 1.12. The summed E-state index contributed by atoms with van der Waals surface area (Å²) >= 11 is 0. The fraction of sp³-hybridized carbons (Fsp3) is 0.938. The lowest BCUT2D eigenvalue weighted by molar-refractivity contribution is -0.124. The Labute approximate surface area is 128 Å². The van der Waals surface area contributed by atoms with E-state index in [-0.39, 0.29) is 5.91 Å². The maximum Gasteiger partial charge on any atom is 0.237 e. The molecular weight excluding hydrogens is 266 g/mol. The van der Waals surface area contributed by atoms with E-state index in [0.717, 1.165) is 45.4 Å². The van der Waals surface area contributed by atoms with Crippen molar-refractivity contribution < 1.29 is 9.53 Å². The Balaban J connectivity index is 1.84. The highest BCUT2D eigenvalue weighted by Crippen LogP contribution is 2.26. The lowest BCUT2D eigenvalue weighted by Gasteiger charge is -2.36. The van der Waals surface area contributed by atoms with Gasteiger partial charge in [0.2, 0.25) is 5.91 Å². The molecule has 0 aromatic heterocycles. The van der Waals surface area contributed by atoms with Crippen molar-refractivity contribution in [2.45, 2.75) is 63.6 Å². The molecule has 2 rings (SSSR count). The molecule has 1 aliphatic heterocycles. The van der Waals surface area contributed by atoms with Gasteiger partial charge in [0, 0.05) is 25.2 Å². The molecule has 3 N–H and O–H groups in total. The minimum Gasteiger partial charge on any atom is -0.381 e. The molecule has 3 unspecified atom stereocenters. The van der Waals surface area contributed by atoms with Crippen molar-refractivity contribution in [3.8, 4) is 0 Å². The Bertz CT molecular complexity index is 353. The summed E-state index contributed by atoms with van der Waals surface area (Å²) in [6, 6.07) is 0.794. The first-order chi connectivity index (χ1) is 9.90. The Morgan fingerprint density at radius 3 is 2.71 bits per heavy atom. The molecule has 1 saturated heterocycles. The number of rotatable bonds is 8. The molecule has 1 amide bonds. The predicted molar refractivity (Wildman–Crippen MR) is 84.0 cm³/mol. The number of hydrogen-bond donors (Lipinski definition) is 2. The molecule has 2 aliphatic rings. The quantitative estimate of drug-likeness (QED) is 0.704. The van der Waals surface area contributed by atoms with Crippen molar-refractivity contribution in [3.63, 3.8) is 0 Å². The van der Waals surface area contributed by atoms with Gasteiger partial charge in [0.1, 0.15) is 0 Å². The van der Waals surface area contributed by atoms with E-state index < -0.39 is 5.54 Å². The molecule has 3 atom stereocenters. The molecule has 5 heteroatoms. The lowest BCUT2D eigenvalue weighted by atomic mass is 9.91. The molecule has 122 valence electrons. The highest BCUT2D eigenvalue weighted by atomic mass is 16.5. The molecule has 1 saturated carbocycles. The number of nitrogens with two attached hydrogens (primary N) is 1. The van der Waals surface area contributed by atoms with Crippen molar-refractivity contribution in [2.75, 3.05) is 26.8 Å². The molecule has 5 nitrogen and oxygen atoms in total. The average molecular weight is 297 g/mol. The first-order valence-corrected chi connectivity index (χ1v) is 8.26. The van der Waals surface area contributed by atoms with Gasteiger partial charge in [-0.1, -0.05) is 0 Å². The van der Waals surface area contributed by atoms with Gasteiger partial charge in [-0.25, -0.2) is 0 Å².